The average Bonchev–Trinajstić information content (AvgIpc) is 3.38. The first-order valence-corrected chi connectivity index (χ1v) is 16.0. The fourth-order valence-electron chi connectivity index (χ4n) is 5.10. The summed E-state index contributed by atoms with van der Waals surface area (Å²) in [6.07, 6.45) is 2.05. The molecule has 1 heterocycles. The second kappa shape index (κ2) is 14.3. The van der Waals surface area contributed by atoms with Crippen molar-refractivity contribution in [3.63, 3.8) is 0 Å². The van der Waals surface area contributed by atoms with Gasteiger partial charge in [-0.25, -0.2) is 13.2 Å². The molecule has 2 aliphatic rings. The predicted molar refractivity (Wildman–Crippen MR) is 167 cm³/mol. The topological polar surface area (TPSA) is 159 Å². The summed E-state index contributed by atoms with van der Waals surface area (Å²) in [7, 11) is -3.96. The number of nitrogens with zero attached hydrogens (tertiary/aromatic N) is 2. The Bertz CT molecular complexity index is 1520. The maximum Gasteiger partial charge on any atom is 0.415 e. The second-order valence-corrected chi connectivity index (χ2v) is 13.5. The van der Waals surface area contributed by atoms with E-state index in [0.29, 0.717) is 17.7 Å². The highest BCUT2D eigenvalue weighted by Crippen LogP contribution is 2.25. The van der Waals surface area contributed by atoms with Gasteiger partial charge in [-0.1, -0.05) is 68.5 Å². The number of cyclic esters (lactones) is 1. The SMILES string of the molecule is CC(=O)c1cccc(N2C[C@@H](C(=O)N[C@@H](Cc3ccccc3)[C@H](O)CN(CC(C)C)S(=O)(=O)C3=CCC(N)C=C3)OC2=O)c1. The highest BCUT2D eigenvalue weighted by Gasteiger charge is 2.39. The highest BCUT2D eigenvalue weighted by atomic mass is 32.2. The third-order valence-corrected chi connectivity index (χ3v) is 9.33. The first-order valence-electron chi connectivity index (χ1n) is 14.6. The van der Waals surface area contributed by atoms with Crippen LogP contribution in [-0.4, -0.2) is 79.5 Å². The zero-order valence-corrected chi connectivity index (χ0v) is 25.9. The minimum Gasteiger partial charge on any atom is -0.434 e. The second-order valence-electron chi connectivity index (χ2n) is 11.5. The van der Waals surface area contributed by atoms with Gasteiger partial charge < -0.3 is 20.9 Å². The van der Waals surface area contributed by atoms with Gasteiger partial charge in [0, 0.05) is 30.4 Å². The number of allylic oxidation sites excluding steroid dienone is 1. The van der Waals surface area contributed by atoms with E-state index in [9.17, 15) is 27.9 Å². The third kappa shape index (κ3) is 8.20. The number of carbonyl (C=O) groups excluding carboxylic acids is 3. The van der Waals surface area contributed by atoms with Crippen molar-refractivity contribution in [2.24, 2.45) is 11.7 Å². The van der Waals surface area contributed by atoms with E-state index >= 15 is 0 Å². The van der Waals surface area contributed by atoms with Crippen molar-refractivity contribution in [2.45, 2.75) is 57.9 Å². The van der Waals surface area contributed by atoms with Crippen molar-refractivity contribution in [1.82, 2.24) is 9.62 Å². The van der Waals surface area contributed by atoms with Gasteiger partial charge in [-0.05, 0) is 49.5 Å². The van der Waals surface area contributed by atoms with Gasteiger partial charge in [0.15, 0.2) is 11.9 Å². The van der Waals surface area contributed by atoms with E-state index in [0.717, 1.165) is 5.56 Å². The number of ketones is 1. The molecule has 0 radical (unpaired) electrons. The number of rotatable bonds is 13. The Morgan fingerprint density at radius 2 is 1.86 bits per heavy atom. The molecule has 1 unspecified atom stereocenters. The van der Waals surface area contributed by atoms with Crippen molar-refractivity contribution in [3.05, 3.63) is 88.9 Å². The Morgan fingerprint density at radius 1 is 1.14 bits per heavy atom. The molecule has 1 aliphatic heterocycles. The van der Waals surface area contributed by atoms with Gasteiger partial charge in [0.05, 0.1) is 23.6 Å². The number of aliphatic hydroxyl groups is 1. The summed E-state index contributed by atoms with van der Waals surface area (Å²) in [4.78, 5) is 39.4. The monoisotopic (exact) mass is 624 g/mol. The number of carbonyl (C=O) groups is 3. The molecule has 236 valence electrons. The summed E-state index contributed by atoms with van der Waals surface area (Å²) in [6.45, 7) is 4.95. The largest absolute Gasteiger partial charge is 0.434 e. The summed E-state index contributed by atoms with van der Waals surface area (Å²) < 4.78 is 33.9. The molecule has 1 saturated heterocycles. The molecule has 0 aromatic heterocycles. The number of nitrogens with one attached hydrogen (secondary N) is 1. The molecule has 0 bridgehead atoms. The molecule has 2 amide bonds. The van der Waals surface area contributed by atoms with E-state index in [4.69, 9.17) is 10.5 Å². The van der Waals surface area contributed by atoms with E-state index < -0.39 is 40.3 Å². The summed E-state index contributed by atoms with van der Waals surface area (Å²) in [5.74, 6) is -0.840. The van der Waals surface area contributed by atoms with Crippen LogP contribution >= 0.6 is 0 Å². The number of aliphatic hydroxyl groups excluding tert-OH is 1. The van der Waals surface area contributed by atoms with E-state index in [1.54, 1.807) is 36.4 Å². The maximum absolute atomic E-state index is 13.6. The van der Waals surface area contributed by atoms with Gasteiger partial charge >= 0.3 is 6.09 Å². The number of benzene rings is 2. The molecule has 1 aliphatic carbocycles. The van der Waals surface area contributed by atoms with Crippen LogP contribution in [0.15, 0.2) is 77.7 Å². The summed E-state index contributed by atoms with van der Waals surface area (Å²) in [5, 5.41) is 14.3. The normalized spacial score (nSPS) is 19.9. The predicted octanol–water partition coefficient (Wildman–Crippen LogP) is 2.76. The summed E-state index contributed by atoms with van der Waals surface area (Å²) in [5.41, 5.74) is 7.53. The lowest BCUT2D eigenvalue weighted by Crippen LogP contribution is -2.53. The summed E-state index contributed by atoms with van der Waals surface area (Å²) >= 11 is 0. The molecule has 1 fully saturated rings. The zero-order valence-electron chi connectivity index (χ0n) is 25.1. The Kier molecular flexibility index (Phi) is 10.7. The zero-order chi connectivity index (χ0) is 32.0. The molecule has 4 atom stereocenters. The summed E-state index contributed by atoms with van der Waals surface area (Å²) in [6, 6.07) is 14.5. The molecule has 0 spiro atoms. The van der Waals surface area contributed by atoms with Gasteiger partial charge in [-0.3, -0.25) is 14.5 Å². The van der Waals surface area contributed by atoms with Gasteiger partial charge in [0.25, 0.3) is 5.91 Å². The number of hydrogen-bond donors (Lipinski definition) is 3. The first-order chi connectivity index (χ1) is 20.8. The Hall–Kier alpha value is -3.84. The smallest absolute Gasteiger partial charge is 0.415 e. The van der Waals surface area contributed by atoms with Crippen LogP contribution in [0.25, 0.3) is 0 Å². The maximum atomic E-state index is 13.6. The van der Waals surface area contributed by atoms with Crippen molar-refractivity contribution in [3.8, 4) is 0 Å². The van der Waals surface area contributed by atoms with Crippen molar-refractivity contribution in [1.29, 1.82) is 0 Å². The fraction of sp³-hybridized carbons (Fsp3) is 0.406. The number of Topliss-reactive ketones (excluding diaryl/α,β-unsaturated/α-hetero) is 1. The molecular weight excluding hydrogens is 584 g/mol. The highest BCUT2D eigenvalue weighted by molar-refractivity contribution is 7.93. The van der Waals surface area contributed by atoms with Crippen LogP contribution < -0.4 is 16.0 Å². The number of ether oxygens (including phenoxy) is 1. The molecule has 4 N–H and O–H groups in total. The van der Waals surface area contributed by atoms with Crippen LogP contribution in [0, 0.1) is 5.92 Å². The number of amides is 2. The molecule has 44 heavy (non-hydrogen) atoms. The van der Waals surface area contributed by atoms with Gasteiger partial charge in [-0.2, -0.15) is 4.31 Å². The Labute approximate surface area is 258 Å². The van der Waals surface area contributed by atoms with E-state index in [1.807, 2.05) is 44.2 Å². The van der Waals surface area contributed by atoms with Crippen LogP contribution in [0.1, 0.15) is 43.1 Å². The van der Waals surface area contributed by atoms with E-state index in [-0.39, 0.29) is 48.7 Å². The lowest BCUT2D eigenvalue weighted by Gasteiger charge is -2.31. The Balaban J connectivity index is 1.54. The van der Waals surface area contributed by atoms with Crippen LogP contribution in [0.3, 0.4) is 0 Å². The molecular formula is C32H40N4O7S. The molecule has 0 saturated carbocycles. The number of sulfonamides is 1. The van der Waals surface area contributed by atoms with Gasteiger partial charge in [-0.15, -0.1) is 0 Å². The number of anilines is 1. The van der Waals surface area contributed by atoms with Crippen LogP contribution in [0.5, 0.6) is 0 Å². The van der Waals surface area contributed by atoms with E-state index in [1.165, 1.54) is 22.2 Å². The lowest BCUT2D eigenvalue weighted by molar-refractivity contribution is -0.129. The molecule has 4 rings (SSSR count). The lowest BCUT2D eigenvalue weighted by atomic mass is 10.0. The molecule has 2 aromatic carbocycles. The number of hydrogen-bond acceptors (Lipinski definition) is 8. The molecule has 2 aromatic rings. The Morgan fingerprint density at radius 3 is 2.50 bits per heavy atom. The van der Waals surface area contributed by atoms with Crippen molar-refractivity contribution >= 4 is 33.5 Å². The average molecular weight is 625 g/mol. The van der Waals surface area contributed by atoms with Crippen LogP contribution in [0.4, 0.5) is 10.5 Å². The van der Waals surface area contributed by atoms with Gasteiger partial charge in [0.1, 0.15) is 0 Å². The van der Waals surface area contributed by atoms with Crippen LogP contribution in [0.2, 0.25) is 0 Å². The first kappa shape index (κ1) is 33.1. The quantitative estimate of drug-likeness (QED) is 0.287. The van der Waals surface area contributed by atoms with Crippen LogP contribution in [-0.2, 0) is 26.0 Å². The minimum atomic E-state index is -3.96. The number of nitrogens with two attached hydrogens (primary N) is 1. The van der Waals surface area contributed by atoms with Gasteiger partial charge in [0.2, 0.25) is 10.0 Å². The van der Waals surface area contributed by atoms with Crippen molar-refractivity contribution < 1.29 is 32.6 Å². The fourth-order valence-corrected chi connectivity index (χ4v) is 6.80. The van der Waals surface area contributed by atoms with Crippen molar-refractivity contribution in [2.75, 3.05) is 24.5 Å². The molecule has 11 nitrogen and oxygen atoms in total. The minimum absolute atomic E-state index is 0.0417. The van der Waals surface area contributed by atoms with E-state index in [2.05, 4.69) is 5.32 Å². The standard InChI is InChI=1S/C32H40N4O7S/c1-21(2)18-35(44(41,42)27-14-12-25(33)13-15-27)19-29(38)28(16-23-8-5-4-6-9-23)34-31(39)30-20-36(32(40)43-30)26-11-7-10-24(17-26)22(3)37/h4-12,14-15,17,21,25,28-30,38H,13,16,18-20,33H2,1-3H3,(H,34,39)/t25?,28-,29+,30-/m0/s1. The third-order valence-electron chi connectivity index (χ3n) is 7.46. The molecule has 12 heteroatoms.